The third kappa shape index (κ3) is 5.39. The molecule has 0 bridgehead atoms. The van der Waals surface area contributed by atoms with Crippen LogP contribution >= 0.6 is 0 Å². The largest absolute Gasteiger partial charge is 0.398 e. The van der Waals surface area contributed by atoms with Crippen molar-refractivity contribution in [3.05, 3.63) is 72.3 Å². The average molecular weight is 445 g/mol. The highest BCUT2D eigenvalue weighted by Gasteiger charge is 2.54. The number of hydrogen-bond donors (Lipinski definition) is 0. The maximum atomic E-state index is 9.48. The molecule has 0 aliphatic rings. The Labute approximate surface area is 195 Å². The van der Waals surface area contributed by atoms with E-state index in [-0.39, 0.29) is 5.04 Å². The summed E-state index contributed by atoms with van der Waals surface area (Å²) >= 11 is 0. The molecule has 168 valence electrons. The smallest absolute Gasteiger partial charge is 0.262 e. The lowest BCUT2D eigenvalue weighted by Crippen LogP contribution is -2.69. The third-order valence-electron chi connectivity index (χ3n) is 6.28. The Balaban J connectivity index is 2.88. The molecule has 4 heteroatoms. The maximum absolute atomic E-state index is 9.48. The summed E-state index contributed by atoms with van der Waals surface area (Å²) in [5, 5.41) is 21.2. The van der Waals surface area contributed by atoms with Gasteiger partial charge in [0, 0.05) is 12.8 Å². The lowest BCUT2D eigenvalue weighted by atomic mass is 9.85. The Hall–Kier alpha value is -2.66. The number of rotatable bonds is 10. The van der Waals surface area contributed by atoms with Gasteiger partial charge in [0.1, 0.15) is 0 Å². The van der Waals surface area contributed by atoms with E-state index in [1.54, 1.807) is 0 Å². The lowest BCUT2D eigenvalue weighted by Gasteiger charge is -2.50. The van der Waals surface area contributed by atoms with E-state index in [2.05, 4.69) is 101 Å². The number of allylic oxidation sites excluding steroid dienone is 1. The van der Waals surface area contributed by atoms with E-state index in [4.69, 9.17) is 4.43 Å². The van der Waals surface area contributed by atoms with Crippen molar-refractivity contribution in [2.75, 3.05) is 0 Å². The van der Waals surface area contributed by atoms with Gasteiger partial charge in [-0.25, -0.2) is 0 Å². The van der Waals surface area contributed by atoms with Gasteiger partial charge in [0.2, 0.25) is 0 Å². The molecule has 0 fully saturated rings. The molecule has 3 nitrogen and oxygen atoms in total. The van der Waals surface area contributed by atoms with Crippen LogP contribution in [-0.4, -0.2) is 13.9 Å². The number of nitriles is 2. The fourth-order valence-electron chi connectivity index (χ4n) is 4.65. The van der Waals surface area contributed by atoms with Crippen LogP contribution in [0.2, 0.25) is 5.04 Å². The van der Waals surface area contributed by atoms with Crippen LogP contribution in [0.4, 0.5) is 0 Å². The molecule has 0 unspecified atom stereocenters. The molecular weight excluding hydrogens is 408 g/mol. The summed E-state index contributed by atoms with van der Waals surface area (Å²) in [5.74, 6) is 0. The van der Waals surface area contributed by atoms with Gasteiger partial charge in [-0.2, -0.15) is 10.5 Å². The Bertz CT molecular complexity index is 905. The first kappa shape index (κ1) is 25.6. The molecular formula is C28H36N2OSi. The van der Waals surface area contributed by atoms with Crippen LogP contribution in [0.25, 0.3) is 0 Å². The topological polar surface area (TPSA) is 56.8 Å². The summed E-state index contributed by atoms with van der Waals surface area (Å²) in [6, 6.07) is 25.8. The van der Waals surface area contributed by atoms with Crippen LogP contribution in [-0.2, 0) is 4.43 Å². The van der Waals surface area contributed by atoms with Gasteiger partial charge in [0.15, 0.2) is 0 Å². The second-order valence-corrected chi connectivity index (χ2v) is 13.6. The van der Waals surface area contributed by atoms with Crippen molar-refractivity contribution >= 4 is 18.7 Å². The van der Waals surface area contributed by atoms with Crippen LogP contribution in [0.15, 0.2) is 72.3 Å². The van der Waals surface area contributed by atoms with Crippen LogP contribution in [0.5, 0.6) is 0 Å². The zero-order chi connectivity index (χ0) is 23.7. The second-order valence-electron chi connectivity index (χ2n) is 9.37. The maximum Gasteiger partial charge on any atom is 0.262 e. The van der Waals surface area contributed by atoms with Gasteiger partial charge in [-0.05, 0) is 47.2 Å². The monoisotopic (exact) mass is 444 g/mol. The highest BCUT2D eigenvalue weighted by atomic mass is 28.4. The van der Waals surface area contributed by atoms with Crippen molar-refractivity contribution in [1.82, 2.24) is 0 Å². The van der Waals surface area contributed by atoms with E-state index in [9.17, 15) is 10.5 Å². The number of benzene rings is 2. The molecule has 2 aromatic rings. The molecule has 0 aliphatic heterocycles. The van der Waals surface area contributed by atoms with E-state index in [0.717, 1.165) is 12.0 Å². The highest BCUT2D eigenvalue weighted by Crippen LogP contribution is 2.44. The van der Waals surface area contributed by atoms with Crippen molar-refractivity contribution in [3.63, 3.8) is 0 Å². The van der Waals surface area contributed by atoms with E-state index < -0.39 is 13.9 Å². The fourth-order valence-corrected chi connectivity index (χ4v) is 9.53. The fraction of sp³-hybridized carbons (Fsp3) is 0.429. The molecule has 0 aliphatic carbocycles. The van der Waals surface area contributed by atoms with E-state index in [1.807, 2.05) is 12.1 Å². The average Bonchev–Trinajstić information content (AvgIpc) is 2.79. The summed E-state index contributed by atoms with van der Waals surface area (Å²) < 4.78 is 7.55. The molecule has 32 heavy (non-hydrogen) atoms. The number of hydrogen-bond acceptors (Lipinski definition) is 3. The molecule has 0 amide bonds. The molecule has 0 saturated carbocycles. The molecule has 0 spiro atoms. The molecule has 0 saturated heterocycles. The van der Waals surface area contributed by atoms with E-state index in [1.165, 1.54) is 10.4 Å². The van der Waals surface area contributed by atoms with Crippen molar-refractivity contribution in [1.29, 1.82) is 10.5 Å². The first-order valence-electron chi connectivity index (χ1n) is 11.5. The molecule has 0 N–H and O–H groups in total. The minimum absolute atomic E-state index is 0.174. The Morgan fingerprint density at radius 3 is 1.66 bits per heavy atom. The van der Waals surface area contributed by atoms with Gasteiger partial charge in [-0.3, -0.25) is 0 Å². The van der Waals surface area contributed by atoms with Crippen molar-refractivity contribution in [3.8, 4) is 12.1 Å². The second kappa shape index (κ2) is 11.3. The van der Waals surface area contributed by atoms with Crippen LogP contribution in [0.1, 0.15) is 66.7 Å². The van der Waals surface area contributed by atoms with Gasteiger partial charge in [-0.15, -0.1) is 0 Å². The van der Waals surface area contributed by atoms with Crippen LogP contribution < -0.4 is 10.4 Å². The summed E-state index contributed by atoms with van der Waals surface area (Å²) in [6.45, 7) is 11.0. The molecule has 0 atom stereocenters. The van der Waals surface area contributed by atoms with Crippen molar-refractivity contribution < 1.29 is 4.43 Å². The molecule has 2 aromatic carbocycles. The molecule has 2 rings (SSSR count). The zero-order valence-corrected chi connectivity index (χ0v) is 21.2. The standard InChI is InChI=1S/C28H36N2OSi/c1-6-15-24(2)28(20-13-22-29,21-14-23-30)31-32(27(3,4)5,25-16-9-7-10-17-25)26-18-11-8-12-19-26/h7-12,15-19H,6,13-14,20-21H2,1-5H3/b24-15+. The predicted molar refractivity (Wildman–Crippen MR) is 135 cm³/mol. The van der Waals surface area contributed by atoms with Gasteiger partial charge in [0.05, 0.1) is 17.7 Å². The Kier molecular flexibility index (Phi) is 9.02. The summed E-state index contributed by atoms with van der Waals surface area (Å²) in [4.78, 5) is 0. The zero-order valence-electron chi connectivity index (χ0n) is 20.2. The molecule has 0 radical (unpaired) electrons. The SMILES string of the molecule is CC/C=C(\C)C(CCC#N)(CCC#N)O[Si](c1ccccc1)(c1ccccc1)C(C)(C)C. The Morgan fingerprint density at radius 2 is 1.31 bits per heavy atom. The Morgan fingerprint density at radius 1 is 0.875 bits per heavy atom. The summed E-state index contributed by atoms with van der Waals surface area (Å²) in [6.07, 6.45) is 5.02. The van der Waals surface area contributed by atoms with E-state index >= 15 is 0 Å². The normalized spacial score (nSPS) is 12.8. The first-order chi connectivity index (χ1) is 15.3. The molecule has 0 heterocycles. The lowest BCUT2D eigenvalue weighted by molar-refractivity contribution is 0.0785. The van der Waals surface area contributed by atoms with Gasteiger partial charge in [-0.1, -0.05) is 94.4 Å². The third-order valence-corrected chi connectivity index (χ3v) is 11.4. The van der Waals surface area contributed by atoms with Crippen molar-refractivity contribution in [2.24, 2.45) is 0 Å². The van der Waals surface area contributed by atoms with Gasteiger partial charge < -0.3 is 4.43 Å². The van der Waals surface area contributed by atoms with E-state index in [0.29, 0.717) is 25.7 Å². The van der Waals surface area contributed by atoms with Crippen LogP contribution in [0, 0.1) is 22.7 Å². The highest BCUT2D eigenvalue weighted by molar-refractivity contribution is 6.99. The quantitative estimate of drug-likeness (QED) is 0.321. The minimum atomic E-state index is -2.84. The summed E-state index contributed by atoms with van der Waals surface area (Å²) in [7, 11) is -2.84. The van der Waals surface area contributed by atoms with Crippen molar-refractivity contribution in [2.45, 2.75) is 77.4 Å². The summed E-state index contributed by atoms with van der Waals surface area (Å²) in [5.41, 5.74) is 0.464. The molecule has 0 aromatic heterocycles. The predicted octanol–water partition coefficient (Wildman–Crippen LogP) is 6.27. The number of nitrogens with zero attached hydrogens (tertiary/aromatic N) is 2. The van der Waals surface area contributed by atoms with Gasteiger partial charge >= 0.3 is 0 Å². The van der Waals surface area contributed by atoms with Gasteiger partial charge in [0.25, 0.3) is 8.32 Å². The first-order valence-corrected chi connectivity index (χ1v) is 13.4. The van der Waals surface area contributed by atoms with Crippen LogP contribution in [0.3, 0.4) is 0 Å². The minimum Gasteiger partial charge on any atom is -0.398 e.